The van der Waals surface area contributed by atoms with Crippen molar-refractivity contribution in [3.8, 4) is 10.6 Å². The van der Waals surface area contributed by atoms with Crippen molar-refractivity contribution in [2.45, 2.75) is 6.42 Å². The maximum Gasteiger partial charge on any atom is 0.270 e. The summed E-state index contributed by atoms with van der Waals surface area (Å²) in [6.45, 7) is 0.472. The molecule has 3 rings (SSSR count). The van der Waals surface area contributed by atoms with E-state index in [1.54, 1.807) is 29.9 Å². The molecule has 0 unspecified atom stereocenters. The zero-order chi connectivity index (χ0) is 16.9. The molecule has 0 aliphatic rings. The van der Waals surface area contributed by atoms with Gasteiger partial charge in [0.1, 0.15) is 10.7 Å². The second-order valence-corrected chi connectivity index (χ2v) is 6.72. The van der Waals surface area contributed by atoms with E-state index >= 15 is 0 Å². The molecule has 0 saturated heterocycles. The topological polar surface area (TPSA) is 54.9 Å². The molecule has 1 amide bonds. The Labute approximate surface area is 153 Å². The van der Waals surface area contributed by atoms with Gasteiger partial charge in [-0.3, -0.25) is 9.78 Å². The van der Waals surface area contributed by atoms with Gasteiger partial charge in [0.25, 0.3) is 5.91 Å². The number of benzene rings is 1. The van der Waals surface area contributed by atoms with Crippen LogP contribution < -0.4 is 5.32 Å². The van der Waals surface area contributed by atoms with Gasteiger partial charge in [-0.1, -0.05) is 29.3 Å². The Bertz CT molecular complexity index is 852. The highest BCUT2D eigenvalue weighted by molar-refractivity contribution is 7.13. The van der Waals surface area contributed by atoms with E-state index in [9.17, 15) is 4.79 Å². The van der Waals surface area contributed by atoms with Gasteiger partial charge in [-0.25, -0.2) is 4.98 Å². The van der Waals surface area contributed by atoms with Crippen LogP contribution in [0.4, 0.5) is 0 Å². The Morgan fingerprint density at radius 1 is 1.25 bits per heavy atom. The van der Waals surface area contributed by atoms with E-state index in [1.165, 1.54) is 11.3 Å². The van der Waals surface area contributed by atoms with Crippen molar-refractivity contribution in [1.82, 2.24) is 15.3 Å². The largest absolute Gasteiger partial charge is 0.350 e. The molecule has 1 aromatic carbocycles. The maximum atomic E-state index is 12.2. The third-order valence-electron chi connectivity index (χ3n) is 3.34. The molecule has 7 heteroatoms. The number of hydrogen-bond donors (Lipinski definition) is 1. The lowest BCUT2D eigenvalue weighted by Crippen LogP contribution is -2.26. The van der Waals surface area contributed by atoms with E-state index in [0.717, 1.165) is 16.1 Å². The number of thiazole rings is 1. The molecule has 122 valence electrons. The Morgan fingerprint density at radius 3 is 2.88 bits per heavy atom. The van der Waals surface area contributed by atoms with Gasteiger partial charge in [0, 0.05) is 39.9 Å². The van der Waals surface area contributed by atoms with Crippen molar-refractivity contribution in [2.24, 2.45) is 0 Å². The average molecular weight is 378 g/mol. The van der Waals surface area contributed by atoms with Gasteiger partial charge in [-0.2, -0.15) is 0 Å². The first-order chi connectivity index (χ1) is 11.6. The van der Waals surface area contributed by atoms with Crippen LogP contribution in [0.25, 0.3) is 10.6 Å². The number of nitrogens with zero attached hydrogens (tertiary/aromatic N) is 2. The van der Waals surface area contributed by atoms with Crippen LogP contribution in [0.2, 0.25) is 10.0 Å². The molecule has 0 radical (unpaired) electrons. The molecule has 2 heterocycles. The van der Waals surface area contributed by atoms with Gasteiger partial charge in [0.2, 0.25) is 0 Å². The van der Waals surface area contributed by atoms with Crippen molar-refractivity contribution >= 4 is 40.4 Å². The summed E-state index contributed by atoms with van der Waals surface area (Å²) in [6, 6.07) is 9.09. The van der Waals surface area contributed by atoms with Crippen molar-refractivity contribution in [1.29, 1.82) is 0 Å². The molecule has 1 N–H and O–H groups in total. The second-order valence-electron chi connectivity index (χ2n) is 5.02. The van der Waals surface area contributed by atoms with Crippen LogP contribution >= 0.6 is 34.5 Å². The Kier molecular flexibility index (Phi) is 5.45. The summed E-state index contributed by atoms with van der Waals surface area (Å²) in [5, 5.41) is 6.56. The summed E-state index contributed by atoms with van der Waals surface area (Å²) in [5.41, 5.74) is 2.24. The lowest BCUT2D eigenvalue weighted by Gasteiger charge is -2.06. The Hall–Kier alpha value is -1.95. The SMILES string of the molecule is O=C(NCCc1ccc(Cl)cc1Cl)c1csc(-c2cccnc2)n1. The van der Waals surface area contributed by atoms with Crippen LogP contribution in [-0.2, 0) is 6.42 Å². The zero-order valence-electron chi connectivity index (χ0n) is 12.5. The van der Waals surface area contributed by atoms with Gasteiger partial charge in [0.15, 0.2) is 0 Å². The van der Waals surface area contributed by atoms with Crippen molar-refractivity contribution < 1.29 is 4.79 Å². The van der Waals surface area contributed by atoms with E-state index in [1.807, 2.05) is 18.2 Å². The number of amides is 1. The van der Waals surface area contributed by atoms with E-state index in [4.69, 9.17) is 23.2 Å². The highest BCUT2D eigenvalue weighted by Crippen LogP contribution is 2.23. The molecule has 24 heavy (non-hydrogen) atoms. The minimum Gasteiger partial charge on any atom is -0.350 e. The summed E-state index contributed by atoms with van der Waals surface area (Å²) in [6.07, 6.45) is 4.05. The van der Waals surface area contributed by atoms with E-state index in [2.05, 4.69) is 15.3 Å². The monoisotopic (exact) mass is 377 g/mol. The van der Waals surface area contributed by atoms with E-state index in [-0.39, 0.29) is 5.91 Å². The van der Waals surface area contributed by atoms with Crippen molar-refractivity contribution in [2.75, 3.05) is 6.54 Å². The number of carbonyl (C=O) groups is 1. The number of hydrogen-bond acceptors (Lipinski definition) is 4. The molecule has 0 fully saturated rings. The molecule has 0 spiro atoms. The molecule has 3 aromatic rings. The fraction of sp³-hybridized carbons (Fsp3) is 0.118. The van der Waals surface area contributed by atoms with Gasteiger partial charge < -0.3 is 5.32 Å². The minimum absolute atomic E-state index is 0.202. The van der Waals surface area contributed by atoms with Crippen LogP contribution in [0.15, 0.2) is 48.1 Å². The number of carbonyl (C=O) groups excluding carboxylic acids is 1. The molecule has 4 nitrogen and oxygen atoms in total. The molecule has 0 saturated carbocycles. The smallest absolute Gasteiger partial charge is 0.270 e. The zero-order valence-corrected chi connectivity index (χ0v) is 14.8. The predicted molar refractivity (Wildman–Crippen MR) is 97.8 cm³/mol. The van der Waals surface area contributed by atoms with Crippen molar-refractivity contribution in [3.05, 3.63) is 69.4 Å². The highest BCUT2D eigenvalue weighted by atomic mass is 35.5. The fourth-order valence-corrected chi connectivity index (χ4v) is 3.42. The average Bonchev–Trinajstić information content (AvgIpc) is 3.08. The standard InChI is InChI=1S/C17H13Cl2N3OS/c18-13-4-3-11(14(19)8-13)5-7-21-16(23)15-10-24-17(22-15)12-2-1-6-20-9-12/h1-4,6,8-10H,5,7H2,(H,21,23). The van der Waals surface area contributed by atoms with E-state index < -0.39 is 0 Å². The normalized spacial score (nSPS) is 10.6. The van der Waals surface area contributed by atoms with Crippen LogP contribution in [0.5, 0.6) is 0 Å². The molecular formula is C17H13Cl2N3OS. The lowest BCUT2D eigenvalue weighted by atomic mass is 10.1. The van der Waals surface area contributed by atoms with Crippen LogP contribution in [0.3, 0.4) is 0 Å². The third-order valence-corrected chi connectivity index (χ3v) is 4.82. The van der Waals surface area contributed by atoms with Gasteiger partial charge in [-0.05, 0) is 36.2 Å². The molecule has 0 aliphatic heterocycles. The van der Waals surface area contributed by atoms with Gasteiger partial charge in [0.05, 0.1) is 0 Å². The molecule has 0 bridgehead atoms. The molecule has 2 aromatic heterocycles. The van der Waals surface area contributed by atoms with Crippen LogP contribution in [-0.4, -0.2) is 22.4 Å². The third kappa shape index (κ3) is 4.12. The fourth-order valence-electron chi connectivity index (χ4n) is 2.13. The molecular weight excluding hydrogens is 365 g/mol. The first-order valence-corrected chi connectivity index (χ1v) is 8.85. The maximum absolute atomic E-state index is 12.2. The number of nitrogens with one attached hydrogen (secondary N) is 1. The van der Waals surface area contributed by atoms with E-state index in [0.29, 0.717) is 28.7 Å². The van der Waals surface area contributed by atoms with Crippen LogP contribution in [0.1, 0.15) is 16.1 Å². The molecule has 0 atom stereocenters. The Morgan fingerprint density at radius 2 is 2.12 bits per heavy atom. The Balaban J connectivity index is 1.59. The second kappa shape index (κ2) is 7.75. The first-order valence-electron chi connectivity index (χ1n) is 7.21. The molecule has 0 aliphatic carbocycles. The summed E-state index contributed by atoms with van der Waals surface area (Å²) in [4.78, 5) is 20.6. The number of rotatable bonds is 5. The quantitative estimate of drug-likeness (QED) is 0.712. The van der Waals surface area contributed by atoms with Crippen molar-refractivity contribution in [3.63, 3.8) is 0 Å². The minimum atomic E-state index is -0.202. The van der Waals surface area contributed by atoms with Gasteiger partial charge in [-0.15, -0.1) is 11.3 Å². The predicted octanol–water partition coefficient (Wildman–Crippen LogP) is 4.48. The number of halogens is 2. The number of pyridine rings is 1. The summed E-state index contributed by atoms with van der Waals surface area (Å²) in [5.74, 6) is -0.202. The lowest BCUT2D eigenvalue weighted by molar-refractivity contribution is 0.0950. The first kappa shape index (κ1) is 16.9. The number of aromatic nitrogens is 2. The highest BCUT2D eigenvalue weighted by Gasteiger charge is 2.12. The summed E-state index contributed by atoms with van der Waals surface area (Å²) >= 11 is 13.4. The summed E-state index contributed by atoms with van der Waals surface area (Å²) < 4.78 is 0. The van der Waals surface area contributed by atoms with Crippen LogP contribution in [0, 0.1) is 0 Å². The summed E-state index contributed by atoms with van der Waals surface area (Å²) in [7, 11) is 0. The van der Waals surface area contributed by atoms with Gasteiger partial charge >= 0.3 is 0 Å².